The van der Waals surface area contributed by atoms with Crippen LogP contribution in [0.25, 0.3) is 0 Å². The number of carbonyl (C=O) groups excluding carboxylic acids is 2. The third kappa shape index (κ3) is 4.44. The molecule has 22 heavy (non-hydrogen) atoms. The Morgan fingerprint density at radius 3 is 2.82 bits per heavy atom. The maximum atomic E-state index is 13.5. The van der Waals surface area contributed by atoms with Gasteiger partial charge in [0.2, 0.25) is 0 Å². The summed E-state index contributed by atoms with van der Waals surface area (Å²) in [6, 6.07) is 3.72. The molecule has 1 saturated carbocycles. The van der Waals surface area contributed by atoms with Gasteiger partial charge in [0, 0.05) is 11.1 Å². The van der Waals surface area contributed by atoms with Crippen molar-refractivity contribution in [2.45, 2.75) is 38.6 Å². The second-order valence-corrected chi connectivity index (χ2v) is 6.07. The zero-order chi connectivity index (χ0) is 16.1. The number of nitrogens with one attached hydrogen (secondary N) is 1. The van der Waals surface area contributed by atoms with Gasteiger partial charge < -0.3 is 10.1 Å². The first kappa shape index (κ1) is 16.7. The Bertz CT molecular complexity index is 564. The lowest BCUT2D eigenvalue weighted by Crippen LogP contribution is -2.42. The lowest BCUT2D eigenvalue weighted by atomic mass is 9.86. The molecular formula is C16H19ClFNO3. The van der Waals surface area contributed by atoms with E-state index in [1.54, 1.807) is 0 Å². The van der Waals surface area contributed by atoms with E-state index in [2.05, 4.69) is 12.2 Å². The van der Waals surface area contributed by atoms with Gasteiger partial charge in [0.05, 0.1) is 5.56 Å². The van der Waals surface area contributed by atoms with E-state index >= 15 is 0 Å². The fourth-order valence-electron chi connectivity index (χ4n) is 2.64. The van der Waals surface area contributed by atoms with Gasteiger partial charge in [-0.1, -0.05) is 31.4 Å². The first-order valence-corrected chi connectivity index (χ1v) is 7.76. The Morgan fingerprint density at radius 1 is 1.36 bits per heavy atom. The maximum Gasteiger partial charge on any atom is 0.341 e. The van der Waals surface area contributed by atoms with Crippen molar-refractivity contribution < 1.29 is 18.7 Å². The van der Waals surface area contributed by atoms with E-state index in [1.807, 2.05) is 0 Å². The molecule has 1 aliphatic rings. The molecule has 1 N–H and O–H groups in total. The predicted octanol–water partition coefficient (Wildman–Crippen LogP) is 3.33. The molecule has 0 unspecified atom stereocenters. The molecule has 0 aliphatic heterocycles. The molecular weight excluding hydrogens is 309 g/mol. The summed E-state index contributed by atoms with van der Waals surface area (Å²) in [7, 11) is 0. The Hall–Kier alpha value is -1.62. The minimum atomic E-state index is -0.896. The van der Waals surface area contributed by atoms with Gasteiger partial charge in [-0.2, -0.15) is 0 Å². The summed E-state index contributed by atoms with van der Waals surface area (Å²) >= 11 is 5.71. The van der Waals surface area contributed by atoms with Crippen molar-refractivity contribution in [3.8, 4) is 0 Å². The Labute approximate surface area is 134 Å². The molecule has 0 spiro atoms. The smallest absolute Gasteiger partial charge is 0.341 e. The normalized spacial score (nSPS) is 21.2. The zero-order valence-corrected chi connectivity index (χ0v) is 13.2. The van der Waals surface area contributed by atoms with Crippen LogP contribution in [-0.2, 0) is 9.53 Å². The van der Waals surface area contributed by atoms with E-state index in [0.717, 1.165) is 25.3 Å². The number of benzene rings is 1. The number of carbonyl (C=O) groups is 2. The van der Waals surface area contributed by atoms with E-state index < -0.39 is 18.4 Å². The van der Waals surface area contributed by atoms with E-state index in [-0.39, 0.29) is 22.5 Å². The summed E-state index contributed by atoms with van der Waals surface area (Å²) in [6.07, 6.45) is 4.28. The van der Waals surface area contributed by atoms with Gasteiger partial charge >= 0.3 is 5.97 Å². The highest BCUT2D eigenvalue weighted by Crippen LogP contribution is 2.23. The molecule has 0 radical (unpaired) electrons. The largest absolute Gasteiger partial charge is 0.452 e. The molecule has 120 valence electrons. The van der Waals surface area contributed by atoms with Crippen LogP contribution in [0.15, 0.2) is 18.2 Å². The van der Waals surface area contributed by atoms with Gasteiger partial charge in [-0.25, -0.2) is 9.18 Å². The van der Waals surface area contributed by atoms with Gasteiger partial charge in [-0.3, -0.25) is 4.79 Å². The molecule has 2 atom stereocenters. The molecule has 1 aliphatic carbocycles. The van der Waals surface area contributed by atoms with Gasteiger partial charge in [0.25, 0.3) is 5.91 Å². The quantitative estimate of drug-likeness (QED) is 0.863. The van der Waals surface area contributed by atoms with Gasteiger partial charge in [-0.05, 0) is 37.0 Å². The zero-order valence-electron chi connectivity index (χ0n) is 12.4. The molecule has 4 nitrogen and oxygen atoms in total. The van der Waals surface area contributed by atoms with Gasteiger partial charge in [-0.15, -0.1) is 0 Å². The monoisotopic (exact) mass is 327 g/mol. The maximum absolute atomic E-state index is 13.5. The van der Waals surface area contributed by atoms with Gasteiger partial charge in [0.1, 0.15) is 5.82 Å². The number of hydrogen-bond acceptors (Lipinski definition) is 3. The molecule has 1 aromatic carbocycles. The average molecular weight is 328 g/mol. The SMILES string of the molecule is C[C@@H]1CCCC[C@H]1NC(=O)COC(=O)c1cc(Cl)ccc1F. The third-order valence-electron chi connectivity index (χ3n) is 3.94. The Balaban J connectivity index is 1.85. The predicted molar refractivity (Wildman–Crippen MR) is 81.3 cm³/mol. The number of esters is 1. The van der Waals surface area contributed by atoms with Crippen LogP contribution in [0.5, 0.6) is 0 Å². The van der Waals surface area contributed by atoms with Crippen molar-refractivity contribution >= 4 is 23.5 Å². The minimum Gasteiger partial charge on any atom is -0.452 e. The van der Waals surface area contributed by atoms with Crippen LogP contribution >= 0.6 is 11.6 Å². The van der Waals surface area contributed by atoms with Crippen LogP contribution in [-0.4, -0.2) is 24.5 Å². The topological polar surface area (TPSA) is 55.4 Å². The molecule has 0 heterocycles. The van der Waals surface area contributed by atoms with Crippen LogP contribution in [0, 0.1) is 11.7 Å². The molecule has 2 rings (SSSR count). The number of amides is 1. The fourth-order valence-corrected chi connectivity index (χ4v) is 2.81. The summed E-state index contributed by atoms with van der Waals surface area (Å²) in [4.78, 5) is 23.6. The first-order valence-electron chi connectivity index (χ1n) is 7.39. The fraction of sp³-hybridized carbons (Fsp3) is 0.500. The molecule has 1 aromatic rings. The van der Waals surface area contributed by atoms with Crippen LogP contribution in [0.3, 0.4) is 0 Å². The molecule has 1 fully saturated rings. The first-order chi connectivity index (χ1) is 10.5. The van der Waals surface area contributed by atoms with E-state index in [4.69, 9.17) is 16.3 Å². The van der Waals surface area contributed by atoms with E-state index in [9.17, 15) is 14.0 Å². The number of hydrogen-bond donors (Lipinski definition) is 1. The van der Waals surface area contributed by atoms with Crippen molar-refractivity contribution in [2.75, 3.05) is 6.61 Å². The molecule has 0 aromatic heterocycles. The number of halogens is 2. The molecule has 0 saturated heterocycles. The van der Waals surface area contributed by atoms with Crippen LogP contribution < -0.4 is 5.32 Å². The standard InChI is InChI=1S/C16H19ClFNO3/c1-10-4-2-3-5-14(10)19-15(20)9-22-16(21)12-8-11(17)6-7-13(12)18/h6-8,10,14H,2-5,9H2,1H3,(H,19,20)/t10-,14-/m1/s1. The molecule has 1 amide bonds. The highest BCUT2D eigenvalue weighted by atomic mass is 35.5. The van der Waals surface area contributed by atoms with Crippen LogP contribution in [0.1, 0.15) is 43.0 Å². The van der Waals surface area contributed by atoms with Crippen molar-refractivity contribution in [2.24, 2.45) is 5.92 Å². The van der Waals surface area contributed by atoms with Crippen molar-refractivity contribution in [1.82, 2.24) is 5.32 Å². The third-order valence-corrected chi connectivity index (χ3v) is 4.18. The second kappa shape index (κ2) is 7.58. The van der Waals surface area contributed by atoms with Crippen LogP contribution in [0.2, 0.25) is 5.02 Å². The molecule has 6 heteroatoms. The van der Waals surface area contributed by atoms with E-state index in [1.165, 1.54) is 18.6 Å². The van der Waals surface area contributed by atoms with E-state index in [0.29, 0.717) is 5.92 Å². The summed E-state index contributed by atoms with van der Waals surface area (Å²) in [5.41, 5.74) is -0.272. The number of ether oxygens (including phenoxy) is 1. The highest BCUT2D eigenvalue weighted by Gasteiger charge is 2.23. The Kier molecular flexibility index (Phi) is 5.77. The van der Waals surface area contributed by atoms with Crippen molar-refractivity contribution in [3.63, 3.8) is 0 Å². The summed E-state index contributed by atoms with van der Waals surface area (Å²) < 4.78 is 18.4. The average Bonchev–Trinajstić information content (AvgIpc) is 2.49. The Morgan fingerprint density at radius 2 is 2.09 bits per heavy atom. The van der Waals surface area contributed by atoms with Crippen molar-refractivity contribution in [3.05, 3.63) is 34.6 Å². The minimum absolute atomic E-state index is 0.114. The van der Waals surface area contributed by atoms with Crippen molar-refractivity contribution in [1.29, 1.82) is 0 Å². The summed E-state index contributed by atoms with van der Waals surface area (Å²) in [5, 5.41) is 3.10. The van der Waals surface area contributed by atoms with Gasteiger partial charge in [0.15, 0.2) is 6.61 Å². The lowest BCUT2D eigenvalue weighted by molar-refractivity contribution is -0.125. The summed E-state index contributed by atoms with van der Waals surface area (Å²) in [5.74, 6) is -1.57. The summed E-state index contributed by atoms with van der Waals surface area (Å²) in [6.45, 7) is 1.67. The second-order valence-electron chi connectivity index (χ2n) is 5.64. The lowest BCUT2D eigenvalue weighted by Gasteiger charge is -2.29. The van der Waals surface area contributed by atoms with Crippen LogP contribution in [0.4, 0.5) is 4.39 Å². The number of rotatable bonds is 4. The highest BCUT2D eigenvalue weighted by molar-refractivity contribution is 6.30. The molecule has 0 bridgehead atoms.